The molecule has 0 aromatic rings. The molecule has 0 heterocycles. The van der Waals surface area contributed by atoms with Crippen LogP contribution in [0.1, 0.15) is 0 Å². The molecule has 0 unspecified atom stereocenters. The van der Waals surface area contributed by atoms with Crippen LogP contribution in [0.2, 0.25) is 0 Å². The molecule has 0 bridgehead atoms. The van der Waals surface area contributed by atoms with Crippen LogP contribution in [0.5, 0.6) is 0 Å². The minimum absolute atomic E-state index is 0. The third-order valence-corrected chi connectivity index (χ3v) is 0. The van der Waals surface area contributed by atoms with Crippen molar-refractivity contribution in [3.63, 3.8) is 0 Å². The minimum atomic E-state index is -4.89. The summed E-state index contributed by atoms with van der Waals surface area (Å²) in [6.45, 7) is 0. The van der Waals surface area contributed by atoms with Crippen LogP contribution >= 0.6 is 15.6 Å². The quantitative estimate of drug-likeness (QED) is 0.236. The van der Waals surface area contributed by atoms with E-state index in [9.17, 15) is 0 Å². The molecule has 0 atom stereocenters. The average Bonchev–Trinajstić information content (AvgIpc) is 1.12. The molecular formula is H16NiO14P2. The molecule has 0 spiro atoms. The Morgan fingerprint density at radius 1 is 0.588 bits per heavy atom. The molecule has 0 saturated carbocycles. The summed E-state index contributed by atoms with van der Waals surface area (Å²) in [5, 5.41) is 0. The number of phosphoric acid groups is 2. The van der Waals surface area contributed by atoms with Gasteiger partial charge in [0.1, 0.15) is 0 Å². The largest absolute Gasteiger partial charge is 2.00 e. The van der Waals surface area contributed by atoms with E-state index in [1.807, 2.05) is 0 Å². The van der Waals surface area contributed by atoms with E-state index in [1.54, 1.807) is 0 Å². The molecule has 17 heteroatoms. The Kier molecular flexibility index (Phi) is 98.5. The van der Waals surface area contributed by atoms with Crippen molar-refractivity contribution in [2.24, 2.45) is 0 Å². The predicted molar refractivity (Wildman–Crippen MR) is 45.8 cm³/mol. The first-order valence-corrected chi connectivity index (χ1v) is 4.59. The number of hydrogen-bond acceptors (Lipinski definition) is 4. The Hall–Kier alpha value is 0.474. The minimum Gasteiger partial charge on any atom is -0.756 e. The molecule has 0 amide bonds. The first-order chi connectivity index (χ1) is 4.00. The number of rotatable bonds is 0. The maximum absolute atomic E-state index is 8.77. The van der Waals surface area contributed by atoms with Gasteiger partial charge < -0.3 is 62.2 Å². The zero-order valence-corrected chi connectivity index (χ0v) is 10.4. The Morgan fingerprint density at radius 2 is 0.588 bits per heavy atom. The van der Waals surface area contributed by atoms with Gasteiger partial charge in [-0.3, -0.25) is 9.13 Å². The van der Waals surface area contributed by atoms with Gasteiger partial charge in [0, 0.05) is 0 Å². The third-order valence-electron chi connectivity index (χ3n) is 0. The van der Waals surface area contributed by atoms with Crippen molar-refractivity contribution >= 4 is 15.6 Å². The molecular weight excluding hydrogens is 345 g/mol. The van der Waals surface area contributed by atoms with Crippen molar-refractivity contribution in [1.82, 2.24) is 0 Å². The average molecular weight is 361 g/mol. The molecule has 0 radical (unpaired) electrons. The summed E-state index contributed by atoms with van der Waals surface area (Å²) in [4.78, 5) is 45.8. The van der Waals surface area contributed by atoms with Gasteiger partial charge in [-0.15, -0.1) is 0 Å². The van der Waals surface area contributed by atoms with Crippen molar-refractivity contribution in [3.8, 4) is 0 Å². The molecule has 0 aliphatic heterocycles. The summed E-state index contributed by atoms with van der Waals surface area (Å²) < 4.78 is 17.5. The fourth-order valence-corrected chi connectivity index (χ4v) is 0. The second-order valence-electron chi connectivity index (χ2n) is 0.981. The van der Waals surface area contributed by atoms with Crippen molar-refractivity contribution in [1.29, 1.82) is 0 Å². The maximum Gasteiger partial charge on any atom is 2.00 e. The molecule has 16 N–H and O–H groups in total. The van der Waals surface area contributed by atoms with Crippen LogP contribution in [0, 0.1) is 0 Å². The zero-order valence-electron chi connectivity index (χ0n) is 7.63. The number of hydrogen-bond donors (Lipinski definition) is 4. The molecule has 120 valence electrons. The summed E-state index contributed by atoms with van der Waals surface area (Å²) in [5.74, 6) is 0. The first-order valence-electron chi connectivity index (χ1n) is 1.53. The van der Waals surface area contributed by atoms with E-state index in [0.29, 0.717) is 0 Å². The molecule has 0 aliphatic rings. The summed E-state index contributed by atoms with van der Waals surface area (Å²) >= 11 is 0. The standard InChI is InChI=1S/Ni.2H3O4P.6H2O/c;2*1-5(2,3)4;;;;;;/h;2*(H3,1,2,3,4);6*1H2/q+2;;;;;;;;/p-2. The van der Waals surface area contributed by atoms with Gasteiger partial charge in [0.2, 0.25) is 0 Å². The predicted octanol–water partition coefficient (Wildman–Crippen LogP) is -8.07. The fraction of sp³-hybridized carbons (Fsp3) is 0. The van der Waals surface area contributed by atoms with Gasteiger partial charge in [-0.1, -0.05) is 0 Å². The first kappa shape index (κ1) is 66.0. The van der Waals surface area contributed by atoms with Crippen LogP contribution < -0.4 is 9.79 Å². The second kappa shape index (κ2) is 25.4. The van der Waals surface area contributed by atoms with Gasteiger partial charge >= 0.3 is 16.5 Å². The van der Waals surface area contributed by atoms with Crippen LogP contribution in [0.4, 0.5) is 0 Å². The van der Waals surface area contributed by atoms with Crippen LogP contribution in [0.3, 0.4) is 0 Å². The Labute approximate surface area is 104 Å². The van der Waals surface area contributed by atoms with Gasteiger partial charge in [-0.05, 0) is 0 Å². The van der Waals surface area contributed by atoms with Crippen LogP contribution in [-0.4, -0.2) is 52.4 Å². The van der Waals surface area contributed by atoms with E-state index in [1.165, 1.54) is 0 Å². The summed E-state index contributed by atoms with van der Waals surface area (Å²) in [6.07, 6.45) is 0. The van der Waals surface area contributed by atoms with Crippen LogP contribution in [0.25, 0.3) is 0 Å². The monoisotopic (exact) mass is 360 g/mol. The Balaban J connectivity index is -0.00000000762. The van der Waals surface area contributed by atoms with Gasteiger partial charge in [0.15, 0.2) is 0 Å². The Morgan fingerprint density at radius 3 is 0.588 bits per heavy atom. The van der Waals surface area contributed by atoms with E-state index >= 15 is 0 Å². The van der Waals surface area contributed by atoms with Crippen molar-refractivity contribution in [3.05, 3.63) is 0 Å². The molecule has 0 aliphatic carbocycles. The molecule has 0 rings (SSSR count). The fourth-order valence-electron chi connectivity index (χ4n) is 0. The smallest absolute Gasteiger partial charge is 0.756 e. The zero-order chi connectivity index (χ0) is 9.00. The van der Waals surface area contributed by atoms with E-state index < -0.39 is 15.6 Å². The summed E-state index contributed by atoms with van der Waals surface area (Å²) in [5.41, 5.74) is 0. The van der Waals surface area contributed by atoms with Gasteiger partial charge in [-0.25, -0.2) is 0 Å². The summed E-state index contributed by atoms with van der Waals surface area (Å²) in [6, 6.07) is 0. The van der Waals surface area contributed by atoms with Gasteiger partial charge in [0.25, 0.3) is 15.6 Å². The van der Waals surface area contributed by atoms with Gasteiger partial charge in [-0.2, -0.15) is 0 Å². The molecule has 0 fully saturated rings. The van der Waals surface area contributed by atoms with E-state index in [0.717, 1.165) is 0 Å². The van der Waals surface area contributed by atoms with Crippen molar-refractivity contribution in [2.45, 2.75) is 0 Å². The topological polar surface area (TPSA) is 350 Å². The third kappa shape index (κ3) is 15400. The Bertz CT molecular complexity index is 127. The molecule has 17 heavy (non-hydrogen) atoms. The maximum atomic E-state index is 8.77. The normalized spacial score (nSPS) is 6.94. The van der Waals surface area contributed by atoms with Crippen molar-refractivity contribution < 1.29 is 87.8 Å². The van der Waals surface area contributed by atoms with E-state index in [2.05, 4.69) is 0 Å². The van der Waals surface area contributed by atoms with E-state index in [4.69, 9.17) is 38.5 Å². The van der Waals surface area contributed by atoms with Gasteiger partial charge in [0.05, 0.1) is 0 Å². The van der Waals surface area contributed by atoms with Crippen LogP contribution in [-0.2, 0) is 25.6 Å². The second-order valence-corrected chi connectivity index (χ2v) is 2.94. The van der Waals surface area contributed by atoms with E-state index in [-0.39, 0.29) is 49.3 Å². The van der Waals surface area contributed by atoms with Crippen molar-refractivity contribution in [2.75, 3.05) is 0 Å². The molecule has 0 aromatic heterocycles. The molecule has 14 nitrogen and oxygen atoms in total. The summed E-state index contributed by atoms with van der Waals surface area (Å²) in [7, 11) is -9.78. The molecule has 0 aromatic carbocycles. The molecule has 0 saturated heterocycles. The SMILES string of the molecule is O.O.O.O.O.O.O=P([O-])(O)O.O=P([O-])(O)O.[Ni+2]. The van der Waals surface area contributed by atoms with Crippen LogP contribution in [0.15, 0.2) is 0 Å².